The molecule has 1 fully saturated rings. The first kappa shape index (κ1) is 8.97. The molecule has 0 spiro atoms. The van der Waals surface area contributed by atoms with Gasteiger partial charge in [0, 0.05) is 12.8 Å². The number of nitrogens with one attached hydrogen (secondary N) is 1. The van der Waals surface area contributed by atoms with Crippen LogP contribution in [0, 0.1) is 5.21 Å². The second-order valence-electron chi connectivity index (χ2n) is 3.61. The molecule has 1 aliphatic carbocycles. The van der Waals surface area contributed by atoms with Crippen LogP contribution in [0.25, 0.3) is 0 Å². The quantitative estimate of drug-likeness (QED) is 0.601. The SMILES string of the molecule is CO[NH+]([O-])C1(C)CCCCC1. The lowest BCUT2D eigenvalue weighted by Gasteiger charge is -2.39. The van der Waals surface area contributed by atoms with E-state index in [1.165, 1.54) is 26.4 Å². The highest BCUT2D eigenvalue weighted by molar-refractivity contribution is 4.76. The van der Waals surface area contributed by atoms with Crippen molar-refractivity contribution in [3.05, 3.63) is 5.21 Å². The predicted octanol–water partition coefficient (Wildman–Crippen LogP) is 0.653. The average Bonchev–Trinajstić information content (AvgIpc) is 2.04. The number of hydrogen-bond donors (Lipinski definition) is 1. The number of hydroxylamine groups is 2. The van der Waals surface area contributed by atoms with Crippen LogP contribution < -0.4 is 5.23 Å². The first-order chi connectivity index (χ1) is 5.19. The van der Waals surface area contributed by atoms with Crippen LogP contribution in [0.15, 0.2) is 0 Å². The molecule has 1 aliphatic rings. The maximum absolute atomic E-state index is 11.3. The van der Waals surface area contributed by atoms with E-state index in [1.807, 2.05) is 6.92 Å². The minimum atomic E-state index is -0.174. The van der Waals surface area contributed by atoms with E-state index in [2.05, 4.69) is 0 Å². The van der Waals surface area contributed by atoms with Crippen molar-refractivity contribution >= 4 is 0 Å². The van der Waals surface area contributed by atoms with Gasteiger partial charge in [-0.1, -0.05) is 6.42 Å². The maximum atomic E-state index is 11.3. The van der Waals surface area contributed by atoms with Crippen molar-refractivity contribution in [3.63, 3.8) is 0 Å². The summed E-state index contributed by atoms with van der Waals surface area (Å²) in [5.41, 5.74) is -0.174. The summed E-state index contributed by atoms with van der Waals surface area (Å²) >= 11 is 0. The molecular weight excluding hydrogens is 142 g/mol. The summed E-state index contributed by atoms with van der Waals surface area (Å²) in [6, 6.07) is 0. The zero-order valence-electron chi connectivity index (χ0n) is 7.35. The highest BCUT2D eigenvalue weighted by atomic mass is 16.9. The molecule has 0 heterocycles. The minimum absolute atomic E-state index is 0.0304. The van der Waals surface area contributed by atoms with Gasteiger partial charge in [-0.15, -0.1) is 0 Å². The van der Waals surface area contributed by atoms with Gasteiger partial charge in [0.25, 0.3) is 0 Å². The van der Waals surface area contributed by atoms with E-state index in [1.54, 1.807) is 0 Å². The minimum Gasteiger partial charge on any atom is -0.599 e. The van der Waals surface area contributed by atoms with E-state index in [0.717, 1.165) is 12.8 Å². The van der Waals surface area contributed by atoms with Gasteiger partial charge in [-0.2, -0.15) is 0 Å². The Kier molecular flexibility index (Phi) is 2.87. The van der Waals surface area contributed by atoms with E-state index in [4.69, 9.17) is 4.84 Å². The third kappa shape index (κ3) is 1.92. The number of rotatable bonds is 2. The Labute approximate surface area is 67.9 Å². The van der Waals surface area contributed by atoms with E-state index < -0.39 is 0 Å². The van der Waals surface area contributed by atoms with Crippen molar-refractivity contribution in [1.82, 2.24) is 0 Å². The molecule has 0 aliphatic heterocycles. The fourth-order valence-electron chi connectivity index (χ4n) is 1.78. The van der Waals surface area contributed by atoms with Gasteiger partial charge < -0.3 is 5.21 Å². The largest absolute Gasteiger partial charge is 0.599 e. The molecule has 66 valence electrons. The molecular formula is C8H17NO2. The predicted molar refractivity (Wildman–Crippen MR) is 42.8 cm³/mol. The van der Waals surface area contributed by atoms with Crippen molar-refractivity contribution in [3.8, 4) is 0 Å². The average molecular weight is 159 g/mol. The van der Waals surface area contributed by atoms with Crippen LogP contribution in [0.2, 0.25) is 0 Å². The van der Waals surface area contributed by atoms with E-state index in [0.29, 0.717) is 0 Å². The molecule has 0 aromatic heterocycles. The van der Waals surface area contributed by atoms with Gasteiger partial charge in [0.1, 0.15) is 5.54 Å². The van der Waals surface area contributed by atoms with Crippen molar-refractivity contribution < 1.29 is 10.1 Å². The van der Waals surface area contributed by atoms with E-state index >= 15 is 0 Å². The molecule has 0 amide bonds. The highest BCUT2D eigenvalue weighted by Crippen LogP contribution is 2.24. The summed E-state index contributed by atoms with van der Waals surface area (Å²) in [4.78, 5) is 4.75. The van der Waals surface area contributed by atoms with Gasteiger partial charge in [0.15, 0.2) is 0 Å². The third-order valence-electron chi connectivity index (χ3n) is 2.64. The number of quaternary nitrogens is 1. The Morgan fingerprint density at radius 2 is 1.82 bits per heavy atom. The first-order valence-corrected chi connectivity index (χ1v) is 4.27. The highest BCUT2D eigenvalue weighted by Gasteiger charge is 2.33. The standard InChI is InChI=1S/C8H17NO2/c1-8(9(10)11-2)6-4-3-5-7-8/h9H,3-7H2,1-2H3. The van der Waals surface area contributed by atoms with Crippen LogP contribution in [0.5, 0.6) is 0 Å². The molecule has 0 aromatic rings. The number of hydrogen-bond acceptors (Lipinski definition) is 2. The molecule has 0 saturated heterocycles. The molecule has 1 atom stereocenters. The summed E-state index contributed by atoms with van der Waals surface area (Å²) in [7, 11) is 1.47. The van der Waals surface area contributed by atoms with Gasteiger partial charge in [-0.05, 0) is 19.8 Å². The molecule has 1 unspecified atom stereocenters. The van der Waals surface area contributed by atoms with Crippen LogP contribution in [-0.4, -0.2) is 12.6 Å². The normalized spacial score (nSPS) is 26.5. The third-order valence-corrected chi connectivity index (χ3v) is 2.64. The first-order valence-electron chi connectivity index (χ1n) is 4.27. The van der Waals surface area contributed by atoms with E-state index in [9.17, 15) is 5.21 Å². The van der Waals surface area contributed by atoms with Gasteiger partial charge in [0.2, 0.25) is 0 Å². The fraction of sp³-hybridized carbons (Fsp3) is 1.00. The van der Waals surface area contributed by atoms with Crippen LogP contribution in [0.3, 0.4) is 0 Å². The Morgan fingerprint density at radius 1 is 1.27 bits per heavy atom. The lowest BCUT2D eigenvalue weighted by molar-refractivity contribution is -1.09. The second-order valence-corrected chi connectivity index (χ2v) is 3.61. The molecule has 1 rings (SSSR count). The summed E-state index contributed by atoms with van der Waals surface area (Å²) in [6.45, 7) is 2.01. The van der Waals surface area contributed by atoms with E-state index in [-0.39, 0.29) is 10.8 Å². The Balaban J connectivity index is 2.49. The molecule has 3 heteroatoms. The Bertz CT molecular complexity index is 121. The van der Waals surface area contributed by atoms with Gasteiger partial charge >= 0.3 is 0 Å². The van der Waals surface area contributed by atoms with Crippen molar-refractivity contribution in [2.75, 3.05) is 7.11 Å². The smallest absolute Gasteiger partial charge is 0.124 e. The van der Waals surface area contributed by atoms with Crippen LogP contribution >= 0.6 is 0 Å². The van der Waals surface area contributed by atoms with Crippen LogP contribution in [-0.2, 0) is 4.84 Å². The van der Waals surface area contributed by atoms with Crippen LogP contribution in [0.1, 0.15) is 39.0 Å². The summed E-state index contributed by atoms with van der Waals surface area (Å²) in [6.07, 6.45) is 5.61. The molecule has 3 nitrogen and oxygen atoms in total. The monoisotopic (exact) mass is 159 g/mol. The van der Waals surface area contributed by atoms with Gasteiger partial charge in [-0.25, -0.2) is 10.1 Å². The lowest BCUT2D eigenvalue weighted by Crippen LogP contribution is -3.14. The summed E-state index contributed by atoms with van der Waals surface area (Å²) < 4.78 is 0. The summed E-state index contributed by atoms with van der Waals surface area (Å²) in [5.74, 6) is 0. The zero-order chi connectivity index (χ0) is 8.32. The zero-order valence-corrected chi connectivity index (χ0v) is 7.35. The fourth-order valence-corrected chi connectivity index (χ4v) is 1.78. The Morgan fingerprint density at radius 3 is 2.27 bits per heavy atom. The second kappa shape index (κ2) is 3.52. The molecule has 0 aromatic carbocycles. The molecule has 0 bridgehead atoms. The van der Waals surface area contributed by atoms with Crippen molar-refractivity contribution in [2.24, 2.45) is 0 Å². The maximum Gasteiger partial charge on any atom is 0.124 e. The van der Waals surface area contributed by atoms with Crippen molar-refractivity contribution in [2.45, 2.75) is 44.6 Å². The lowest BCUT2D eigenvalue weighted by atomic mass is 9.84. The Hall–Kier alpha value is -0.120. The van der Waals surface area contributed by atoms with Crippen LogP contribution in [0.4, 0.5) is 0 Å². The molecule has 1 N–H and O–H groups in total. The summed E-state index contributed by atoms with van der Waals surface area (Å²) in [5, 5.41) is 11.2. The molecule has 0 radical (unpaired) electrons. The van der Waals surface area contributed by atoms with Gasteiger partial charge in [0.05, 0.1) is 7.11 Å². The molecule has 1 saturated carbocycles. The van der Waals surface area contributed by atoms with Crippen molar-refractivity contribution in [1.29, 1.82) is 0 Å². The topological polar surface area (TPSA) is 36.7 Å². The van der Waals surface area contributed by atoms with Gasteiger partial charge in [-0.3, -0.25) is 0 Å². The molecule has 11 heavy (non-hydrogen) atoms.